The summed E-state index contributed by atoms with van der Waals surface area (Å²) in [6.45, 7) is 5.83. The molecule has 0 aliphatic carbocycles. The number of rotatable bonds is 2. The largest absolute Gasteiger partial charge is 0.492 e. The van der Waals surface area contributed by atoms with Gasteiger partial charge in [-0.15, -0.1) is 0 Å². The van der Waals surface area contributed by atoms with E-state index in [9.17, 15) is 0 Å². The Morgan fingerprint density at radius 1 is 1.30 bits per heavy atom. The van der Waals surface area contributed by atoms with Crippen molar-refractivity contribution < 1.29 is 9.47 Å². The van der Waals surface area contributed by atoms with Crippen LogP contribution in [0.25, 0.3) is 0 Å². The normalized spacial score (nSPS) is 31.2. The highest BCUT2D eigenvalue weighted by Crippen LogP contribution is 2.34. The van der Waals surface area contributed by atoms with Gasteiger partial charge in [0.15, 0.2) is 0 Å². The molecule has 3 unspecified atom stereocenters. The average Bonchev–Trinajstić information content (AvgIpc) is 2.70. The minimum Gasteiger partial charge on any atom is -0.492 e. The summed E-state index contributed by atoms with van der Waals surface area (Å²) in [7, 11) is 2.04. The molecule has 0 amide bonds. The number of nitrogens with one attached hydrogen (secondary N) is 1. The molecule has 2 heterocycles. The van der Waals surface area contributed by atoms with Crippen LogP contribution in [0.2, 0.25) is 0 Å². The Bertz CT molecular complexity index is 452. The third-order valence-electron chi connectivity index (χ3n) is 4.31. The van der Waals surface area contributed by atoms with Gasteiger partial charge >= 0.3 is 0 Å². The van der Waals surface area contributed by atoms with Crippen molar-refractivity contribution in [1.29, 1.82) is 0 Å². The molecule has 0 aromatic heterocycles. The van der Waals surface area contributed by atoms with Crippen LogP contribution in [0.1, 0.15) is 24.9 Å². The molecule has 0 saturated carbocycles. The highest BCUT2D eigenvalue weighted by Gasteiger charge is 2.35. The van der Waals surface area contributed by atoms with Crippen LogP contribution in [0, 0.1) is 0 Å². The van der Waals surface area contributed by atoms with Crippen molar-refractivity contribution in [2.75, 3.05) is 33.4 Å². The summed E-state index contributed by atoms with van der Waals surface area (Å²) >= 11 is 0. The zero-order valence-electron chi connectivity index (χ0n) is 12.3. The first-order valence-corrected chi connectivity index (χ1v) is 7.54. The Morgan fingerprint density at radius 3 is 3.00 bits per heavy atom. The fourth-order valence-corrected chi connectivity index (χ4v) is 3.34. The average molecular weight is 276 g/mol. The SMILES string of the molecule is CNC1c2ccccc2OCC1N1CCCOC(C)C1. The molecule has 4 nitrogen and oxygen atoms in total. The molecule has 1 aromatic carbocycles. The molecule has 1 N–H and O–H groups in total. The number of likely N-dealkylation sites (N-methyl/N-ethyl adjacent to an activating group) is 1. The third-order valence-corrected chi connectivity index (χ3v) is 4.31. The lowest BCUT2D eigenvalue weighted by atomic mass is 9.95. The predicted octanol–water partition coefficient (Wildman–Crippen LogP) is 1.82. The number of ether oxygens (including phenoxy) is 2. The second-order valence-electron chi connectivity index (χ2n) is 5.71. The first-order chi connectivity index (χ1) is 9.79. The maximum Gasteiger partial charge on any atom is 0.124 e. The van der Waals surface area contributed by atoms with Crippen molar-refractivity contribution in [3.63, 3.8) is 0 Å². The number of nitrogens with zero attached hydrogens (tertiary/aromatic N) is 1. The summed E-state index contributed by atoms with van der Waals surface area (Å²) in [5, 5.41) is 3.48. The van der Waals surface area contributed by atoms with E-state index in [-0.39, 0.29) is 0 Å². The molecule has 0 spiro atoms. The van der Waals surface area contributed by atoms with E-state index in [2.05, 4.69) is 35.3 Å². The van der Waals surface area contributed by atoms with Gasteiger partial charge in [0, 0.05) is 25.3 Å². The number of benzene rings is 1. The maximum absolute atomic E-state index is 5.97. The van der Waals surface area contributed by atoms with Gasteiger partial charge in [-0.05, 0) is 26.5 Å². The molecule has 2 aliphatic rings. The van der Waals surface area contributed by atoms with Gasteiger partial charge in [-0.3, -0.25) is 4.90 Å². The summed E-state index contributed by atoms with van der Waals surface area (Å²) in [4.78, 5) is 2.52. The van der Waals surface area contributed by atoms with Gasteiger partial charge in [-0.1, -0.05) is 18.2 Å². The second kappa shape index (κ2) is 6.12. The number of fused-ring (bicyclic) bond motifs is 1. The molecule has 2 aliphatic heterocycles. The van der Waals surface area contributed by atoms with Crippen LogP contribution in [0.4, 0.5) is 0 Å². The van der Waals surface area contributed by atoms with Gasteiger partial charge in [0.2, 0.25) is 0 Å². The van der Waals surface area contributed by atoms with Crippen molar-refractivity contribution in [3.05, 3.63) is 29.8 Å². The lowest BCUT2D eigenvalue weighted by Crippen LogP contribution is -2.51. The van der Waals surface area contributed by atoms with Crippen molar-refractivity contribution in [2.45, 2.75) is 31.5 Å². The smallest absolute Gasteiger partial charge is 0.124 e. The standard InChI is InChI=1S/C16H24N2O2/c1-12-10-18(8-5-9-19-12)14-11-20-15-7-4-3-6-13(15)16(14)17-2/h3-4,6-7,12,14,16-17H,5,8-11H2,1-2H3. The first kappa shape index (κ1) is 13.9. The van der Waals surface area contributed by atoms with Crippen LogP contribution in [0.3, 0.4) is 0 Å². The van der Waals surface area contributed by atoms with E-state index >= 15 is 0 Å². The van der Waals surface area contributed by atoms with Crippen LogP contribution in [0.5, 0.6) is 5.75 Å². The molecule has 1 fully saturated rings. The molecule has 1 aromatic rings. The molecule has 0 radical (unpaired) electrons. The highest BCUT2D eigenvalue weighted by molar-refractivity contribution is 5.38. The summed E-state index contributed by atoms with van der Waals surface area (Å²) < 4.78 is 11.7. The zero-order chi connectivity index (χ0) is 13.9. The van der Waals surface area contributed by atoms with E-state index in [0.717, 1.165) is 38.5 Å². The van der Waals surface area contributed by atoms with Gasteiger partial charge in [0.1, 0.15) is 12.4 Å². The van der Waals surface area contributed by atoms with Crippen molar-refractivity contribution in [2.24, 2.45) is 0 Å². The Labute approximate surface area is 121 Å². The van der Waals surface area contributed by atoms with Crippen LogP contribution in [0.15, 0.2) is 24.3 Å². The zero-order valence-corrected chi connectivity index (χ0v) is 12.3. The van der Waals surface area contributed by atoms with Gasteiger partial charge in [0.05, 0.1) is 18.2 Å². The van der Waals surface area contributed by atoms with Gasteiger partial charge in [-0.2, -0.15) is 0 Å². The van der Waals surface area contributed by atoms with E-state index in [1.165, 1.54) is 5.56 Å². The van der Waals surface area contributed by atoms with Gasteiger partial charge in [-0.25, -0.2) is 0 Å². The van der Waals surface area contributed by atoms with Crippen LogP contribution >= 0.6 is 0 Å². The van der Waals surface area contributed by atoms with Crippen LogP contribution in [-0.2, 0) is 4.74 Å². The van der Waals surface area contributed by atoms with E-state index in [1.54, 1.807) is 0 Å². The lowest BCUT2D eigenvalue weighted by Gasteiger charge is -2.40. The Kier molecular flexibility index (Phi) is 4.24. The number of hydrogen-bond acceptors (Lipinski definition) is 4. The predicted molar refractivity (Wildman–Crippen MR) is 79.1 cm³/mol. The minimum absolute atomic E-state index is 0.298. The Hall–Kier alpha value is -1.10. The summed E-state index contributed by atoms with van der Waals surface area (Å²) in [5.41, 5.74) is 1.27. The molecule has 3 atom stereocenters. The first-order valence-electron chi connectivity index (χ1n) is 7.54. The molecule has 1 saturated heterocycles. The summed E-state index contributed by atoms with van der Waals surface area (Å²) in [5.74, 6) is 1.02. The molecule has 110 valence electrons. The molecule has 4 heteroatoms. The second-order valence-corrected chi connectivity index (χ2v) is 5.71. The third kappa shape index (κ3) is 2.68. The van der Waals surface area contributed by atoms with E-state index in [1.807, 2.05) is 13.1 Å². The summed E-state index contributed by atoms with van der Waals surface area (Å²) in [6, 6.07) is 9.05. The van der Waals surface area contributed by atoms with Crippen LogP contribution < -0.4 is 10.1 Å². The topological polar surface area (TPSA) is 33.7 Å². The van der Waals surface area contributed by atoms with Gasteiger partial charge < -0.3 is 14.8 Å². The number of hydrogen-bond donors (Lipinski definition) is 1. The monoisotopic (exact) mass is 276 g/mol. The fraction of sp³-hybridized carbons (Fsp3) is 0.625. The van der Waals surface area contributed by atoms with Crippen molar-refractivity contribution in [3.8, 4) is 5.75 Å². The van der Waals surface area contributed by atoms with Crippen molar-refractivity contribution in [1.82, 2.24) is 10.2 Å². The Balaban J connectivity index is 1.83. The lowest BCUT2D eigenvalue weighted by molar-refractivity contribution is 0.0417. The maximum atomic E-state index is 5.97. The van der Waals surface area contributed by atoms with E-state index < -0.39 is 0 Å². The van der Waals surface area contributed by atoms with E-state index in [4.69, 9.17) is 9.47 Å². The molecule has 20 heavy (non-hydrogen) atoms. The van der Waals surface area contributed by atoms with Gasteiger partial charge in [0.25, 0.3) is 0 Å². The summed E-state index contributed by atoms with van der Waals surface area (Å²) in [6.07, 6.45) is 1.39. The molecule has 3 rings (SSSR count). The molecular formula is C16H24N2O2. The van der Waals surface area contributed by atoms with Crippen LogP contribution in [-0.4, -0.2) is 50.4 Å². The van der Waals surface area contributed by atoms with Crippen molar-refractivity contribution >= 4 is 0 Å². The van der Waals surface area contributed by atoms with E-state index in [0.29, 0.717) is 18.2 Å². The number of para-hydroxylation sites is 1. The Morgan fingerprint density at radius 2 is 2.15 bits per heavy atom. The quantitative estimate of drug-likeness (QED) is 0.893. The molecular weight excluding hydrogens is 252 g/mol. The minimum atomic E-state index is 0.298. The fourth-order valence-electron chi connectivity index (χ4n) is 3.34. The molecule has 0 bridgehead atoms. The highest BCUT2D eigenvalue weighted by atomic mass is 16.5.